The van der Waals surface area contributed by atoms with E-state index in [2.05, 4.69) is 16.4 Å². The molecule has 4 rings (SSSR count). The van der Waals surface area contributed by atoms with Crippen LogP contribution in [0, 0.1) is 0 Å². The fourth-order valence-electron chi connectivity index (χ4n) is 3.49. The second-order valence-corrected chi connectivity index (χ2v) is 7.65. The molecule has 2 aliphatic rings. The van der Waals surface area contributed by atoms with Gasteiger partial charge >= 0.3 is 5.97 Å². The Hall–Kier alpha value is -3.78. The molecule has 9 heteroatoms. The fourth-order valence-corrected chi connectivity index (χ4v) is 3.74. The second kappa shape index (κ2) is 9.79. The van der Waals surface area contributed by atoms with Crippen LogP contribution in [0.15, 0.2) is 66.0 Å². The number of esters is 1. The summed E-state index contributed by atoms with van der Waals surface area (Å²) in [5.74, 6) is -0.390. The van der Waals surface area contributed by atoms with Gasteiger partial charge in [-0.2, -0.15) is 0 Å². The van der Waals surface area contributed by atoms with Crippen molar-refractivity contribution < 1.29 is 28.5 Å². The van der Waals surface area contributed by atoms with Crippen LogP contribution in [0.1, 0.15) is 28.8 Å². The summed E-state index contributed by atoms with van der Waals surface area (Å²) in [6.07, 6.45) is 10.4. The van der Waals surface area contributed by atoms with E-state index in [4.69, 9.17) is 30.5 Å². The van der Waals surface area contributed by atoms with E-state index in [9.17, 15) is 9.59 Å². The van der Waals surface area contributed by atoms with Crippen molar-refractivity contribution in [2.75, 3.05) is 14.2 Å². The van der Waals surface area contributed by atoms with Crippen LogP contribution in [0.3, 0.4) is 0 Å². The molecular weight excluding hydrogens is 448 g/mol. The average Bonchev–Trinajstić information content (AvgIpc) is 2.86. The minimum atomic E-state index is -0.579. The number of amides is 1. The number of benzene rings is 1. The molecule has 170 valence electrons. The number of nitrogens with zero attached hydrogens (tertiary/aromatic N) is 1. The summed E-state index contributed by atoms with van der Waals surface area (Å²) in [5.41, 5.74) is 2.29. The molecule has 0 unspecified atom stereocenters. The molecule has 0 spiro atoms. The van der Waals surface area contributed by atoms with Gasteiger partial charge in [-0.3, -0.25) is 4.79 Å². The van der Waals surface area contributed by atoms with Gasteiger partial charge in [-0.25, -0.2) is 9.78 Å². The van der Waals surface area contributed by atoms with E-state index in [1.54, 1.807) is 18.2 Å². The van der Waals surface area contributed by atoms with E-state index in [0.717, 1.165) is 18.4 Å². The number of ether oxygens (including phenoxy) is 4. The lowest BCUT2D eigenvalue weighted by Gasteiger charge is -2.19. The maximum Gasteiger partial charge on any atom is 0.343 e. The van der Waals surface area contributed by atoms with Crippen LogP contribution in [0.25, 0.3) is 10.9 Å². The summed E-state index contributed by atoms with van der Waals surface area (Å²) < 4.78 is 21.1. The van der Waals surface area contributed by atoms with Crippen molar-refractivity contribution in [3.63, 3.8) is 0 Å². The lowest BCUT2D eigenvalue weighted by Crippen LogP contribution is -2.27. The summed E-state index contributed by atoms with van der Waals surface area (Å²) in [6.45, 7) is 0.106. The lowest BCUT2D eigenvalue weighted by molar-refractivity contribution is -0.120. The van der Waals surface area contributed by atoms with Gasteiger partial charge in [-0.1, -0.05) is 29.8 Å². The molecule has 1 aliphatic carbocycles. The summed E-state index contributed by atoms with van der Waals surface area (Å²) in [6, 6.07) is 4.95. The SMILES string of the molecule is COC(=O)c1cc2cc(Cl)cc(CNC(=O)C3=COC=C(C4=CC=CCC4)O3)c2nc1OC. The van der Waals surface area contributed by atoms with Crippen LogP contribution in [-0.2, 0) is 25.5 Å². The Labute approximate surface area is 195 Å². The van der Waals surface area contributed by atoms with Crippen LogP contribution in [-0.4, -0.2) is 31.1 Å². The van der Waals surface area contributed by atoms with Crippen LogP contribution >= 0.6 is 11.6 Å². The van der Waals surface area contributed by atoms with Gasteiger partial charge in [-0.05, 0) is 42.2 Å². The zero-order valence-electron chi connectivity index (χ0n) is 18.0. The molecule has 1 aromatic carbocycles. The molecule has 0 saturated carbocycles. The largest absolute Gasteiger partial charge is 0.480 e. The highest BCUT2D eigenvalue weighted by molar-refractivity contribution is 6.31. The molecule has 1 aliphatic heterocycles. The predicted molar refractivity (Wildman–Crippen MR) is 121 cm³/mol. The molecule has 33 heavy (non-hydrogen) atoms. The molecule has 2 heterocycles. The van der Waals surface area contributed by atoms with Crippen molar-refractivity contribution in [2.45, 2.75) is 19.4 Å². The van der Waals surface area contributed by atoms with Crippen molar-refractivity contribution in [1.29, 1.82) is 0 Å². The first kappa shape index (κ1) is 22.4. The van der Waals surface area contributed by atoms with E-state index in [-0.39, 0.29) is 23.7 Å². The quantitative estimate of drug-likeness (QED) is 0.631. The molecule has 1 amide bonds. The van der Waals surface area contributed by atoms with Crippen LogP contribution in [0.4, 0.5) is 0 Å². The van der Waals surface area contributed by atoms with Crippen molar-refractivity contribution in [1.82, 2.24) is 10.3 Å². The van der Waals surface area contributed by atoms with E-state index < -0.39 is 11.9 Å². The summed E-state index contributed by atoms with van der Waals surface area (Å²) in [5, 5.41) is 3.82. The number of hydrogen-bond donors (Lipinski definition) is 1. The highest BCUT2D eigenvalue weighted by Gasteiger charge is 2.22. The number of allylic oxidation sites excluding steroid dienone is 4. The fraction of sp³-hybridized carbons (Fsp3) is 0.208. The number of methoxy groups -OCH3 is 2. The first-order chi connectivity index (χ1) is 16.0. The Balaban J connectivity index is 1.53. The topological polar surface area (TPSA) is 96.0 Å². The average molecular weight is 469 g/mol. The van der Waals surface area contributed by atoms with Crippen molar-refractivity contribution in [3.8, 4) is 5.88 Å². The number of halogens is 1. The number of aromatic nitrogens is 1. The summed E-state index contributed by atoms with van der Waals surface area (Å²) >= 11 is 6.27. The summed E-state index contributed by atoms with van der Waals surface area (Å²) in [7, 11) is 2.69. The van der Waals surface area contributed by atoms with E-state index >= 15 is 0 Å². The maximum absolute atomic E-state index is 12.7. The van der Waals surface area contributed by atoms with Gasteiger partial charge in [0.25, 0.3) is 5.91 Å². The van der Waals surface area contributed by atoms with E-state index in [1.807, 2.05) is 12.2 Å². The third-order valence-corrected chi connectivity index (χ3v) is 5.31. The first-order valence-electron chi connectivity index (χ1n) is 10.1. The third-order valence-electron chi connectivity index (χ3n) is 5.09. The van der Waals surface area contributed by atoms with E-state index in [0.29, 0.717) is 27.2 Å². The molecule has 1 aromatic heterocycles. The number of nitrogens with one attached hydrogen (secondary N) is 1. The molecule has 2 aromatic rings. The normalized spacial score (nSPS) is 14.9. The monoisotopic (exact) mass is 468 g/mol. The molecule has 1 N–H and O–H groups in total. The zero-order chi connectivity index (χ0) is 23.4. The zero-order valence-corrected chi connectivity index (χ0v) is 18.8. The molecule has 0 atom stereocenters. The van der Waals surface area contributed by atoms with Gasteiger partial charge < -0.3 is 24.3 Å². The van der Waals surface area contributed by atoms with Gasteiger partial charge in [-0.15, -0.1) is 0 Å². The number of carbonyl (C=O) groups is 2. The Morgan fingerprint density at radius 1 is 1.21 bits per heavy atom. The third kappa shape index (κ3) is 4.85. The number of carbonyl (C=O) groups excluding carboxylic acids is 2. The molecule has 8 nitrogen and oxygen atoms in total. The highest BCUT2D eigenvalue weighted by Crippen LogP contribution is 2.29. The molecule has 0 radical (unpaired) electrons. The minimum Gasteiger partial charge on any atom is -0.480 e. The Morgan fingerprint density at radius 2 is 2.06 bits per heavy atom. The Kier molecular flexibility index (Phi) is 6.65. The molecular formula is C24H21ClN2O6. The van der Waals surface area contributed by atoms with Crippen LogP contribution in [0.5, 0.6) is 5.88 Å². The minimum absolute atomic E-state index is 0.0350. The standard InChI is InChI=1S/C24H21ClN2O6/c1-30-23-18(24(29)31-2)10-15-8-17(25)9-16(21(15)27-23)11-26-22(28)20-13-32-12-19(33-20)14-6-4-3-5-7-14/h3-4,6,8-10,12-13H,5,7,11H2,1-2H3,(H,26,28). The smallest absolute Gasteiger partial charge is 0.343 e. The summed E-state index contributed by atoms with van der Waals surface area (Å²) in [4.78, 5) is 29.2. The van der Waals surface area contributed by atoms with Gasteiger partial charge in [0.05, 0.1) is 19.7 Å². The Bertz CT molecular complexity index is 1250. The van der Waals surface area contributed by atoms with Crippen molar-refractivity contribution in [2.24, 2.45) is 0 Å². The molecule has 0 bridgehead atoms. The highest BCUT2D eigenvalue weighted by atomic mass is 35.5. The number of fused-ring (bicyclic) bond motifs is 1. The first-order valence-corrected chi connectivity index (χ1v) is 10.5. The van der Waals surface area contributed by atoms with Gasteiger partial charge in [0.2, 0.25) is 11.6 Å². The molecule has 0 fully saturated rings. The molecule has 0 saturated heterocycles. The Morgan fingerprint density at radius 3 is 2.79 bits per heavy atom. The maximum atomic E-state index is 12.7. The number of pyridine rings is 1. The van der Waals surface area contributed by atoms with Crippen LogP contribution < -0.4 is 10.1 Å². The predicted octanol–water partition coefficient (Wildman–Crippen LogP) is 4.31. The second-order valence-electron chi connectivity index (χ2n) is 7.22. The van der Waals surface area contributed by atoms with Gasteiger partial charge in [0.15, 0.2) is 5.76 Å². The van der Waals surface area contributed by atoms with Crippen molar-refractivity contribution in [3.05, 3.63) is 82.2 Å². The van der Waals surface area contributed by atoms with Crippen LogP contribution in [0.2, 0.25) is 5.02 Å². The number of hydrogen-bond acceptors (Lipinski definition) is 7. The van der Waals surface area contributed by atoms with Gasteiger partial charge in [0, 0.05) is 17.0 Å². The van der Waals surface area contributed by atoms with Gasteiger partial charge in [0.1, 0.15) is 18.1 Å². The van der Waals surface area contributed by atoms with E-state index in [1.165, 1.54) is 26.7 Å². The lowest BCUT2D eigenvalue weighted by atomic mass is 10.0. The number of rotatable bonds is 6. The van der Waals surface area contributed by atoms with Crippen molar-refractivity contribution >= 4 is 34.4 Å².